The first kappa shape index (κ1) is 24.5. The van der Waals surface area contributed by atoms with Crippen LogP contribution in [0.4, 0.5) is 17.6 Å². The predicted molar refractivity (Wildman–Crippen MR) is 134 cm³/mol. The van der Waals surface area contributed by atoms with Crippen LogP contribution in [0.2, 0.25) is 0 Å². The van der Waals surface area contributed by atoms with Crippen molar-refractivity contribution in [2.45, 2.75) is 12.3 Å². The molecule has 6 rings (SSSR count). The zero-order valence-electron chi connectivity index (χ0n) is 20.2. The zero-order valence-corrected chi connectivity index (χ0v) is 20.2. The topological polar surface area (TPSA) is 54.8 Å². The summed E-state index contributed by atoms with van der Waals surface area (Å²) in [6, 6.07) is 15.6. The number of phenolic OH excluding ortho intramolecular Hbond substituents is 1. The van der Waals surface area contributed by atoms with Crippen LogP contribution >= 0.6 is 0 Å². The molecule has 9 heteroatoms. The molecular formula is C29H24F4N2O3. The standard InChI is InChI=1S/C29H24F4N2O3/c30-13-17-15-35(16-17)9-10-37-21-5-1-18(2-6-21)28-27-23-8-4-20(36)12-25(23)34-14-24(27)22-7-3-19(29(31,32)33)11-26(22)38-28/h1-8,11-12,14,17,28,36H,9-10,13,15-16H2/t28-/m0/s1. The van der Waals surface area contributed by atoms with Crippen LogP contribution in [0.1, 0.15) is 22.8 Å². The third-order valence-corrected chi connectivity index (χ3v) is 7.11. The van der Waals surface area contributed by atoms with Gasteiger partial charge < -0.3 is 14.6 Å². The molecule has 196 valence electrons. The fourth-order valence-electron chi connectivity index (χ4n) is 5.13. The molecule has 0 amide bonds. The van der Waals surface area contributed by atoms with Gasteiger partial charge in [0.1, 0.15) is 23.9 Å². The normalized spacial score (nSPS) is 17.4. The van der Waals surface area contributed by atoms with Crippen LogP contribution in [-0.2, 0) is 6.18 Å². The second kappa shape index (κ2) is 9.47. The molecule has 0 unspecified atom stereocenters. The molecule has 0 aliphatic carbocycles. The maximum absolute atomic E-state index is 13.5. The van der Waals surface area contributed by atoms with Crippen LogP contribution < -0.4 is 9.47 Å². The van der Waals surface area contributed by atoms with Crippen molar-refractivity contribution in [3.8, 4) is 28.4 Å². The highest BCUT2D eigenvalue weighted by atomic mass is 19.4. The Labute approximate surface area is 216 Å². The van der Waals surface area contributed by atoms with Gasteiger partial charge in [-0.05, 0) is 48.0 Å². The number of rotatable bonds is 6. The van der Waals surface area contributed by atoms with Gasteiger partial charge in [0.15, 0.2) is 6.10 Å². The van der Waals surface area contributed by atoms with E-state index in [1.807, 2.05) is 12.1 Å². The molecular weight excluding hydrogens is 500 g/mol. The van der Waals surface area contributed by atoms with Gasteiger partial charge in [0.05, 0.1) is 17.8 Å². The van der Waals surface area contributed by atoms with Crippen molar-refractivity contribution >= 4 is 10.9 Å². The van der Waals surface area contributed by atoms with E-state index in [-0.39, 0.29) is 24.1 Å². The average molecular weight is 525 g/mol. The monoisotopic (exact) mass is 524 g/mol. The van der Waals surface area contributed by atoms with Crippen molar-refractivity contribution in [1.82, 2.24) is 9.88 Å². The smallest absolute Gasteiger partial charge is 0.416 e. The Balaban J connectivity index is 1.32. The summed E-state index contributed by atoms with van der Waals surface area (Å²) in [4.78, 5) is 6.59. The maximum atomic E-state index is 13.5. The number of hydrogen-bond acceptors (Lipinski definition) is 5. The van der Waals surface area contributed by atoms with Crippen molar-refractivity contribution in [1.29, 1.82) is 0 Å². The second-order valence-corrected chi connectivity index (χ2v) is 9.69. The van der Waals surface area contributed by atoms with E-state index in [4.69, 9.17) is 9.47 Å². The summed E-state index contributed by atoms with van der Waals surface area (Å²) in [5, 5.41) is 10.7. The van der Waals surface area contributed by atoms with Crippen LogP contribution in [0.15, 0.2) is 66.9 Å². The SMILES string of the molecule is Oc1ccc2c3c(cnc2c1)-c1ccc(C(F)(F)F)cc1O[C@H]3c1ccc(OCCN2CC(CF)C2)cc1. The third-order valence-electron chi connectivity index (χ3n) is 7.11. The zero-order chi connectivity index (χ0) is 26.4. The molecule has 0 spiro atoms. The van der Waals surface area contributed by atoms with Gasteiger partial charge in [0, 0.05) is 59.9 Å². The van der Waals surface area contributed by atoms with E-state index in [0.29, 0.717) is 35.5 Å². The Morgan fingerprint density at radius 2 is 1.79 bits per heavy atom. The number of alkyl halides is 4. The summed E-state index contributed by atoms with van der Waals surface area (Å²) in [5.74, 6) is 0.962. The number of phenols is 1. The van der Waals surface area contributed by atoms with E-state index in [0.717, 1.165) is 41.7 Å². The molecule has 2 aliphatic heterocycles. The highest BCUT2D eigenvalue weighted by molar-refractivity contribution is 5.92. The van der Waals surface area contributed by atoms with Gasteiger partial charge in [0.2, 0.25) is 0 Å². The molecule has 5 nitrogen and oxygen atoms in total. The maximum Gasteiger partial charge on any atom is 0.416 e. The van der Waals surface area contributed by atoms with E-state index >= 15 is 0 Å². The number of fused-ring (bicyclic) bond motifs is 5. The summed E-state index contributed by atoms with van der Waals surface area (Å²) in [6.07, 6.45) is -3.60. The number of halogens is 4. The number of aromatic hydroxyl groups is 1. The van der Waals surface area contributed by atoms with Crippen LogP contribution in [-0.4, -0.2) is 47.9 Å². The van der Waals surface area contributed by atoms with Gasteiger partial charge in [-0.25, -0.2) is 0 Å². The lowest BCUT2D eigenvalue weighted by atomic mass is 9.87. The number of hydrogen-bond donors (Lipinski definition) is 1. The molecule has 4 aromatic rings. The summed E-state index contributed by atoms with van der Waals surface area (Å²) in [5.41, 5.74) is 2.44. The van der Waals surface area contributed by atoms with Gasteiger partial charge in [-0.3, -0.25) is 14.3 Å². The molecule has 1 N–H and O–H groups in total. The molecule has 2 aliphatic rings. The van der Waals surface area contributed by atoms with E-state index in [9.17, 15) is 22.7 Å². The molecule has 38 heavy (non-hydrogen) atoms. The van der Waals surface area contributed by atoms with E-state index < -0.39 is 17.8 Å². The highest BCUT2D eigenvalue weighted by Gasteiger charge is 2.35. The number of ether oxygens (including phenoxy) is 2. The molecule has 3 aromatic carbocycles. The molecule has 0 bridgehead atoms. The van der Waals surface area contributed by atoms with Crippen molar-refractivity contribution < 1.29 is 32.1 Å². The van der Waals surface area contributed by atoms with Crippen molar-refractivity contribution in [2.75, 3.05) is 32.9 Å². The summed E-state index contributed by atoms with van der Waals surface area (Å²) in [7, 11) is 0. The summed E-state index contributed by atoms with van der Waals surface area (Å²) < 4.78 is 65.1. The molecule has 0 saturated carbocycles. The van der Waals surface area contributed by atoms with Gasteiger partial charge in [-0.2, -0.15) is 13.2 Å². The van der Waals surface area contributed by atoms with Gasteiger partial charge in [-0.15, -0.1) is 0 Å². The lowest BCUT2D eigenvalue weighted by Gasteiger charge is -2.37. The van der Waals surface area contributed by atoms with E-state index in [1.165, 1.54) is 6.07 Å². The molecule has 3 heterocycles. The number of nitrogens with zero attached hydrogens (tertiary/aromatic N) is 2. The first-order valence-corrected chi connectivity index (χ1v) is 12.3. The first-order valence-electron chi connectivity index (χ1n) is 12.3. The number of likely N-dealkylation sites (tertiary alicyclic amines) is 1. The van der Waals surface area contributed by atoms with Crippen LogP contribution in [0.5, 0.6) is 17.2 Å². The summed E-state index contributed by atoms with van der Waals surface area (Å²) >= 11 is 0. The number of benzene rings is 3. The van der Waals surface area contributed by atoms with Gasteiger partial charge >= 0.3 is 6.18 Å². The molecule has 1 atom stereocenters. The Hall–Kier alpha value is -3.85. The first-order chi connectivity index (χ1) is 18.3. The molecule has 1 aromatic heterocycles. The number of pyridine rings is 1. The minimum atomic E-state index is -4.50. The van der Waals surface area contributed by atoms with E-state index in [1.54, 1.807) is 36.5 Å². The van der Waals surface area contributed by atoms with E-state index in [2.05, 4.69) is 9.88 Å². The lowest BCUT2D eigenvalue weighted by molar-refractivity contribution is -0.137. The summed E-state index contributed by atoms with van der Waals surface area (Å²) in [6.45, 7) is 2.38. The van der Waals surface area contributed by atoms with Crippen LogP contribution in [0.25, 0.3) is 22.0 Å². The van der Waals surface area contributed by atoms with Crippen molar-refractivity contribution in [2.24, 2.45) is 5.92 Å². The second-order valence-electron chi connectivity index (χ2n) is 9.69. The van der Waals surface area contributed by atoms with Crippen molar-refractivity contribution in [3.05, 3.63) is 83.6 Å². The molecule has 1 saturated heterocycles. The third kappa shape index (κ3) is 4.51. The minimum absolute atomic E-state index is 0.0633. The van der Waals surface area contributed by atoms with Crippen LogP contribution in [0.3, 0.4) is 0 Å². The fourth-order valence-corrected chi connectivity index (χ4v) is 5.13. The highest BCUT2D eigenvalue weighted by Crippen LogP contribution is 2.48. The Kier molecular flexibility index (Phi) is 6.10. The fraction of sp³-hybridized carbons (Fsp3) is 0.276. The van der Waals surface area contributed by atoms with Crippen LogP contribution in [0, 0.1) is 5.92 Å². The Bertz CT molecular complexity index is 1480. The Morgan fingerprint density at radius 3 is 2.53 bits per heavy atom. The van der Waals surface area contributed by atoms with Gasteiger partial charge in [0.25, 0.3) is 0 Å². The molecule has 1 fully saturated rings. The molecule has 0 radical (unpaired) electrons. The largest absolute Gasteiger partial charge is 0.508 e. The average Bonchev–Trinajstić information content (AvgIpc) is 2.88. The quantitative estimate of drug-likeness (QED) is 0.297. The lowest BCUT2D eigenvalue weighted by Crippen LogP contribution is -2.49. The minimum Gasteiger partial charge on any atom is -0.508 e. The number of aromatic nitrogens is 1. The van der Waals surface area contributed by atoms with Gasteiger partial charge in [-0.1, -0.05) is 12.1 Å². The van der Waals surface area contributed by atoms with Crippen molar-refractivity contribution in [3.63, 3.8) is 0 Å². The Morgan fingerprint density at radius 1 is 1.00 bits per heavy atom. The predicted octanol–water partition coefficient (Wildman–Crippen LogP) is 6.39.